The van der Waals surface area contributed by atoms with Gasteiger partial charge in [-0.1, -0.05) is 0 Å². The molecule has 5 nitrogen and oxygen atoms in total. The Labute approximate surface area is 82.6 Å². The van der Waals surface area contributed by atoms with Gasteiger partial charge in [-0.2, -0.15) is 5.26 Å². The summed E-state index contributed by atoms with van der Waals surface area (Å²) in [6.07, 6.45) is 0.124. The number of esters is 2. The van der Waals surface area contributed by atoms with Gasteiger partial charge in [0.1, 0.15) is 12.7 Å². The van der Waals surface area contributed by atoms with E-state index < -0.39 is 18.0 Å². The van der Waals surface area contributed by atoms with Crippen LogP contribution in [0.15, 0.2) is 0 Å². The molecule has 0 aliphatic rings. The Balaban J connectivity index is 3.91. The summed E-state index contributed by atoms with van der Waals surface area (Å²) in [4.78, 5) is 21.1. The summed E-state index contributed by atoms with van der Waals surface area (Å²) in [5.74, 6) is -0.876. The van der Waals surface area contributed by atoms with Crippen LogP contribution in [-0.4, -0.2) is 24.6 Å². The molecule has 0 aromatic rings. The van der Waals surface area contributed by atoms with Crippen molar-refractivity contribution >= 4 is 11.9 Å². The monoisotopic (exact) mass is 199 g/mol. The van der Waals surface area contributed by atoms with Crippen molar-refractivity contribution in [1.29, 1.82) is 5.26 Å². The predicted molar refractivity (Wildman–Crippen MR) is 47.0 cm³/mol. The zero-order valence-electron chi connectivity index (χ0n) is 8.28. The van der Waals surface area contributed by atoms with Gasteiger partial charge >= 0.3 is 11.9 Å². The second-order valence-electron chi connectivity index (χ2n) is 2.73. The standard InChI is InChI=1S/C9H13NO4/c1-7(11)13-6-9(4-3-5-10)14-8(2)12/h9H,3-4,6H2,1-2H3/t9-/m0/s1. The van der Waals surface area contributed by atoms with Crippen molar-refractivity contribution in [2.75, 3.05) is 6.61 Å². The molecule has 78 valence electrons. The molecule has 0 amide bonds. The topological polar surface area (TPSA) is 76.4 Å². The van der Waals surface area contributed by atoms with Crippen LogP contribution in [0.25, 0.3) is 0 Å². The molecule has 0 aromatic carbocycles. The molecule has 0 unspecified atom stereocenters. The van der Waals surface area contributed by atoms with Crippen LogP contribution in [0.5, 0.6) is 0 Å². The van der Waals surface area contributed by atoms with Gasteiger partial charge < -0.3 is 9.47 Å². The minimum atomic E-state index is -0.518. The first-order chi connectivity index (χ1) is 6.56. The molecule has 0 aromatic heterocycles. The summed E-state index contributed by atoms with van der Waals surface area (Å²) in [5, 5.41) is 8.33. The lowest BCUT2D eigenvalue weighted by molar-refractivity contribution is -0.156. The summed E-state index contributed by atoms with van der Waals surface area (Å²) in [7, 11) is 0. The van der Waals surface area contributed by atoms with Gasteiger partial charge in [0.15, 0.2) is 0 Å². The number of ether oxygens (including phenoxy) is 2. The van der Waals surface area contributed by atoms with E-state index in [9.17, 15) is 9.59 Å². The quantitative estimate of drug-likeness (QED) is 0.611. The second kappa shape index (κ2) is 6.89. The molecule has 0 heterocycles. The average molecular weight is 199 g/mol. The second-order valence-corrected chi connectivity index (χ2v) is 2.73. The maximum atomic E-state index is 10.6. The van der Waals surface area contributed by atoms with Crippen molar-refractivity contribution in [3.8, 4) is 6.07 Å². The van der Waals surface area contributed by atoms with Gasteiger partial charge in [0.05, 0.1) is 6.07 Å². The first-order valence-electron chi connectivity index (χ1n) is 4.23. The first kappa shape index (κ1) is 12.4. The number of nitrogens with zero attached hydrogens (tertiary/aromatic N) is 1. The maximum absolute atomic E-state index is 10.6. The van der Waals surface area contributed by atoms with Crippen LogP contribution in [-0.2, 0) is 19.1 Å². The van der Waals surface area contributed by atoms with Crippen molar-refractivity contribution < 1.29 is 19.1 Å². The van der Waals surface area contributed by atoms with E-state index in [1.54, 1.807) is 0 Å². The average Bonchev–Trinajstić information content (AvgIpc) is 2.09. The van der Waals surface area contributed by atoms with E-state index in [1.807, 2.05) is 6.07 Å². The molecular formula is C9H13NO4. The third kappa shape index (κ3) is 7.10. The van der Waals surface area contributed by atoms with Gasteiger partial charge in [-0.25, -0.2) is 0 Å². The van der Waals surface area contributed by atoms with Crippen LogP contribution in [0, 0.1) is 11.3 Å². The third-order valence-electron chi connectivity index (χ3n) is 1.38. The van der Waals surface area contributed by atoms with Gasteiger partial charge in [-0.15, -0.1) is 0 Å². The molecule has 0 saturated heterocycles. The molecule has 5 heteroatoms. The Kier molecular flexibility index (Phi) is 6.12. The molecule has 0 rings (SSSR count). The van der Waals surface area contributed by atoms with E-state index in [4.69, 9.17) is 10.00 Å². The van der Waals surface area contributed by atoms with E-state index >= 15 is 0 Å². The van der Waals surface area contributed by atoms with Gasteiger partial charge in [0, 0.05) is 26.7 Å². The Bertz CT molecular complexity index is 244. The van der Waals surface area contributed by atoms with Gasteiger partial charge in [-0.05, 0) is 0 Å². The smallest absolute Gasteiger partial charge is 0.303 e. The zero-order valence-corrected chi connectivity index (χ0v) is 8.28. The molecule has 0 bridgehead atoms. The highest BCUT2D eigenvalue weighted by molar-refractivity contribution is 5.67. The van der Waals surface area contributed by atoms with E-state index in [0.29, 0.717) is 6.42 Å². The highest BCUT2D eigenvalue weighted by Gasteiger charge is 2.13. The maximum Gasteiger partial charge on any atom is 0.303 e. The summed E-state index contributed by atoms with van der Waals surface area (Å²) in [6.45, 7) is 2.55. The van der Waals surface area contributed by atoms with Crippen molar-refractivity contribution in [3.63, 3.8) is 0 Å². The summed E-state index contributed by atoms with van der Waals surface area (Å²) >= 11 is 0. The third-order valence-corrected chi connectivity index (χ3v) is 1.38. The highest BCUT2D eigenvalue weighted by atomic mass is 16.6. The SMILES string of the molecule is CC(=O)OC[C@H](CCC#N)OC(C)=O. The lowest BCUT2D eigenvalue weighted by Crippen LogP contribution is -2.23. The van der Waals surface area contributed by atoms with Gasteiger partial charge in [0.2, 0.25) is 0 Å². The molecule has 0 saturated carbocycles. The van der Waals surface area contributed by atoms with Crippen LogP contribution in [0.4, 0.5) is 0 Å². The summed E-state index contributed by atoms with van der Waals surface area (Å²) in [6, 6.07) is 1.93. The van der Waals surface area contributed by atoms with Crippen LogP contribution in [0.3, 0.4) is 0 Å². The molecular weight excluding hydrogens is 186 g/mol. The van der Waals surface area contributed by atoms with Gasteiger partial charge in [-0.3, -0.25) is 9.59 Å². The van der Waals surface area contributed by atoms with Crippen LogP contribution < -0.4 is 0 Å². The number of rotatable bonds is 5. The Morgan fingerprint density at radius 1 is 1.36 bits per heavy atom. The molecule has 0 aliphatic heterocycles. The van der Waals surface area contributed by atoms with E-state index in [2.05, 4.69) is 4.74 Å². The lowest BCUT2D eigenvalue weighted by Gasteiger charge is -2.14. The number of carbonyl (C=O) groups excluding carboxylic acids is 2. The number of hydrogen-bond donors (Lipinski definition) is 0. The minimum Gasteiger partial charge on any atom is -0.462 e. The highest BCUT2D eigenvalue weighted by Crippen LogP contribution is 2.03. The molecule has 0 spiro atoms. The molecule has 0 fully saturated rings. The van der Waals surface area contributed by atoms with Crippen molar-refractivity contribution in [2.45, 2.75) is 32.8 Å². The molecule has 14 heavy (non-hydrogen) atoms. The number of nitriles is 1. The number of carbonyl (C=O) groups is 2. The Morgan fingerprint density at radius 2 is 2.00 bits per heavy atom. The van der Waals surface area contributed by atoms with Crippen LogP contribution in [0.1, 0.15) is 26.7 Å². The predicted octanol–water partition coefficient (Wildman–Crippen LogP) is 0.785. The van der Waals surface area contributed by atoms with E-state index in [1.165, 1.54) is 13.8 Å². The van der Waals surface area contributed by atoms with Crippen molar-refractivity contribution in [3.05, 3.63) is 0 Å². The fourth-order valence-corrected chi connectivity index (χ4v) is 0.847. The minimum absolute atomic E-state index is 0.0105. The number of hydrogen-bond acceptors (Lipinski definition) is 5. The molecule has 0 N–H and O–H groups in total. The molecule has 1 atom stereocenters. The Morgan fingerprint density at radius 3 is 2.43 bits per heavy atom. The summed E-state index contributed by atoms with van der Waals surface area (Å²) in [5.41, 5.74) is 0. The van der Waals surface area contributed by atoms with Crippen molar-refractivity contribution in [1.82, 2.24) is 0 Å². The molecule has 0 radical (unpaired) electrons. The normalized spacial score (nSPS) is 11.2. The first-order valence-corrected chi connectivity index (χ1v) is 4.23. The fraction of sp³-hybridized carbons (Fsp3) is 0.667. The van der Waals surface area contributed by atoms with Crippen molar-refractivity contribution in [2.24, 2.45) is 0 Å². The largest absolute Gasteiger partial charge is 0.462 e. The fourth-order valence-electron chi connectivity index (χ4n) is 0.847. The Hall–Kier alpha value is -1.57. The van der Waals surface area contributed by atoms with Crippen LogP contribution in [0.2, 0.25) is 0 Å². The van der Waals surface area contributed by atoms with Gasteiger partial charge in [0.25, 0.3) is 0 Å². The van der Waals surface area contributed by atoms with E-state index in [-0.39, 0.29) is 13.0 Å². The van der Waals surface area contributed by atoms with E-state index in [0.717, 1.165) is 0 Å². The summed E-state index contributed by atoms with van der Waals surface area (Å²) < 4.78 is 9.51. The lowest BCUT2D eigenvalue weighted by atomic mass is 10.2. The zero-order chi connectivity index (χ0) is 11.0. The molecule has 0 aliphatic carbocycles. The van der Waals surface area contributed by atoms with Crippen LogP contribution >= 0.6 is 0 Å².